The molecule has 2 aromatic rings. The number of carbonyl (C=O) groups excluding carboxylic acids is 1. The number of amides is 1. The van der Waals surface area contributed by atoms with Crippen LogP contribution in [0.5, 0.6) is 11.5 Å². The van der Waals surface area contributed by atoms with Crippen molar-refractivity contribution in [3.63, 3.8) is 0 Å². The highest BCUT2D eigenvalue weighted by Crippen LogP contribution is 2.27. The molecule has 23 heavy (non-hydrogen) atoms. The molecular weight excluding hydrogens is 300 g/mol. The third-order valence-electron chi connectivity index (χ3n) is 2.95. The minimum atomic E-state index is -0.563. The van der Waals surface area contributed by atoms with Crippen LogP contribution < -0.4 is 9.47 Å². The first kappa shape index (κ1) is 16.5. The lowest BCUT2D eigenvalue weighted by Gasteiger charge is -2.11. The molecule has 0 aliphatic carbocycles. The normalized spacial score (nSPS) is 11.2. The molecular formula is C15H18N4O4. The third kappa shape index (κ3) is 4.29. The summed E-state index contributed by atoms with van der Waals surface area (Å²) in [7, 11) is 3.13. The molecule has 0 bridgehead atoms. The summed E-state index contributed by atoms with van der Waals surface area (Å²) in [6.07, 6.45) is 2.89. The zero-order valence-electron chi connectivity index (χ0n) is 13.2. The van der Waals surface area contributed by atoms with Crippen molar-refractivity contribution in [3.8, 4) is 11.5 Å². The fraction of sp³-hybridized carbons (Fsp3) is 0.333. The Balaban J connectivity index is 2.20. The van der Waals surface area contributed by atoms with E-state index in [9.17, 15) is 4.79 Å². The Hall–Kier alpha value is -2.90. The summed E-state index contributed by atoms with van der Waals surface area (Å²) in [5.74, 6) is 1.52. The van der Waals surface area contributed by atoms with Crippen LogP contribution in [0.15, 0.2) is 35.8 Å². The van der Waals surface area contributed by atoms with E-state index in [2.05, 4.69) is 15.1 Å². The minimum absolute atomic E-state index is 0.292. The second-order valence-electron chi connectivity index (χ2n) is 4.43. The molecule has 2 rings (SSSR count). The van der Waals surface area contributed by atoms with Crippen LogP contribution >= 0.6 is 0 Å². The number of hydrogen-bond acceptors (Lipinski definition) is 6. The van der Waals surface area contributed by atoms with Gasteiger partial charge in [0.15, 0.2) is 17.4 Å². The van der Waals surface area contributed by atoms with Crippen LogP contribution in [-0.4, -0.2) is 47.5 Å². The Bertz CT molecular complexity index is 683. The first-order chi connectivity index (χ1) is 11.2. The highest BCUT2D eigenvalue weighted by molar-refractivity contribution is 5.92. The summed E-state index contributed by atoms with van der Waals surface area (Å²) in [6.45, 7) is 2.22. The van der Waals surface area contributed by atoms with Gasteiger partial charge in [-0.25, -0.2) is 9.78 Å². The van der Waals surface area contributed by atoms with Gasteiger partial charge >= 0.3 is 6.03 Å². The van der Waals surface area contributed by atoms with Crippen LogP contribution in [-0.2, 0) is 11.2 Å². The van der Waals surface area contributed by atoms with Crippen molar-refractivity contribution < 1.29 is 19.0 Å². The van der Waals surface area contributed by atoms with Gasteiger partial charge in [-0.15, -0.1) is 0 Å². The Morgan fingerprint density at radius 1 is 1.26 bits per heavy atom. The van der Waals surface area contributed by atoms with Crippen molar-refractivity contribution in [3.05, 3.63) is 36.4 Å². The van der Waals surface area contributed by atoms with E-state index in [4.69, 9.17) is 14.2 Å². The maximum absolute atomic E-state index is 12.0. The van der Waals surface area contributed by atoms with Crippen molar-refractivity contribution in [1.82, 2.24) is 14.8 Å². The number of nitrogens with zero attached hydrogens (tertiary/aromatic N) is 4. The van der Waals surface area contributed by atoms with E-state index in [0.29, 0.717) is 30.4 Å². The molecule has 0 aliphatic rings. The lowest BCUT2D eigenvalue weighted by Crippen LogP contribution is -2.15. The number of benzene rings is 1. The van der Waals surface area contributed by atoms with Gasteiger partial charge in [-0.1, -0.05) is 6.07 Å². The quantitative estimate of drug-likeness (QED) is 0.618. The predicted octanol–water partition coefficient (Wildman–Crippen LogP) is 1.94. The number of rotatable bonds is 5. The summed E-state index contributed by atoms with van der Waals surface area (Å²) >= 11 is 0. The fourth-order valence-electron chi connectivity index (χ4n) is 1.92. The molecule has 1 aromatic heterocycles. The molecule has 0 radical (unpaired) electrons. The van der Waals surface area contributed by atoms with E-state index in [1.54, 1.807) is 20.3 Å². The van der Waals surface area contributed by atoms with Crippen LogP contribution in [0.25, 0.3) is 0 Å². The van der Waals surface area contributed by atoms with Crippen LogP contribution in [0.4, 0.5) is 4.79 Å². The SMILES string of the molecule is CCO/C(Cc1ccc(OC)c(OC)c1)=N\C(=O)n1cncn1. The van der Waals surface area contributed by atoms with Crippen molar-refractivity contribution in [2.75, 3.05) is 20.8 Å². The maximum Gasteiger partial charge on any atom is 0.372 e. The minimum Gasteiger partial charge on any atom is -0.493 e. The van der Waals surface area contributed by atoms with E-state index < -0.39 is 6.03 Å². The van der Waals surface area contributed by atoms with E-state index in [1.165, 1.54) is 12.7 Å². The van der Waals surface area contributed by atoms with Crippen LogP contribution in [0, 0.1) is 0 Å². The van der Waals surface area contributed by atoms with Gasteiger partial charge in [0, 0.05) is 6.42 Å². The Kier molecular flexibility index (Phi) is 5.67. The lowest BCUT2D eigenvalue weighted by atomic mass is 10.1. The van der Waals surface area contributed by atoms with Crippen LogP contribution in [0.1, 0.15) is 12.5 Å². The highest BCUT2D eigenvalue weighted by Gasteiger charge is 2.11. The molecule has 0 N–H and O–H groups in total. The maximum atomic E-state index is 12.0. The van der Waals surface area contributed by atoms with Crippen LogP contribution in [0.2, 0.25) is 0 Å². The number of hydrogen-bond donors (Lipinski definition) is 0. The van der Waals surface area contributed by atoms with Gasteiger partial charge in [0.1, 0.15) is 12.7 Å². The van der Waals surface area contributed by atoms with E-state index in [1.807, 2.05) is 19.1 Å². The summed E-state index contributed by atoms with van der Waals surface area (Å²) in [4.78, 5) is 19.6. The summed E-state index contributed by atoms with van der Waals surface area (Å²) < 4.78 is 16.9. The summed E-state index contributed by atoms with van der Waals surface area (Å²) in [5.41, 5.74) is 0.876. The predicted molar refractivity (Wildman–Crippen MR) is 83.1 cm³/mol. The molecule has 1 amide bonds. The number of aromatic nitrogens is 3. The topological polar surface area (TPSA) is 87.8 Å². The first-order valence-electron chi connectivity index (χ1n) is 6.98. The van der Waals surface area contributed by atoms with E-state index in [-0.39, 0.29) is 0 Å². The third-order valence-corrected chi connectivity index (χ3v) is 2.95. The Labute approximate surface area is 133 Å². The molecule has 0 saturated carbocycles. The van der Waals surface area contributed by atoms with Gasteiger partial charge in [0.05, 0.1) is 20.8 Å². The monoisotopic (exact) mass is 318 g/mol. The highest BCUT2D eigenvalue weighted by atomic mass is 16.5. The molecule has 122 valence electrons. The average Bonchev–Trinajstić information content (AvgIpc) is 3.09. The van der Waals surface area contributed by atoms with Crippen molar-refractivity contribution in [2.45, 2.75) is 13.3 Å². The van der Waals surface area contributed by atoms with Crippen molar-refractivity contribution in [1.29, 1.82) is 0 Å². The zero-order chi connectivity index (χ0) is 16.7. The second kappa shape index (κ2) is 7.92. The summed E-state index contributed by atoms with van der Waals surface area (Å²) in [6, 6.07) is 4.89. The molecule has 1 heterocycles. The molecule has 0 unspecified atom stereocenters. The standard InChI is InChI=1S/C15H18N4O4/c1-4-23-14(18-15(20)19-10-16-9-17-19)8-11-5-6-12(21-2)13(7-11)22-3/h5-7,9-10H,4,8H2,1-3H3/b18-14-. The molecule has 8 nitrogen and oxygen atoms in total. The smallest absolute Gasteiger partial charge is 0.372 e. The van der Waals surface area contributed by atoms with Crippen molar-refractivity contribution >= 4 is 11.9 Å². The van der Waals surface area contributed by atoms with Gasteiger partial charge in [-0.05, 0) is 24.6 Å². The second-order valence-corrected chi connectivity index (χ2v) is 4.43. The van der Waals surface area contributed by atoms with Gasteiger partial charge in [-0.2, -0.15) is 14.8 Å². The van der Waals surface area contributed by atoms with E-state index >= 15 is 0 Å². The number of carbonyl (C=O) groups is 1. The van der Waals surface area contributed by atoms with Crippen molar-refractivity contribution in [2.24, 2.45) is 4.99 Å². The first-order valence-corrected chi connectivity index (χ1v) is 6.98. The average molecular weight is 318 g/mol. The van der Waals surface area contributed by atoms with Gasteiger partial charge in [-0.3, -0.25) is 0 Å². The molecule has 0 spiro atoms. The number of ether oxygens (including phenoxy) is 3. The summed E-state index contributed by atoms with van der Waals surface area (Å²) in [5, 5.41) is 3.74. The van der Waals surface area contributed by atoms with Gasteiger partial charge in [0.25, 0.3) is 0 Å². The largest absolute Gasteiger partial charge is 0.493 e. The molecule has 1 aromatic carbocycles. The van der Waals surface area contributed by atoms with Crippen LogP contribution in [0.3, 0.4) is 0 Å². The molecule has 0 atom stereocenters. The van der Waals surface area contributed by atoms with Gasteiger partial charge in [0.2, 0.25) is 0 Å². The Morgan fingerprint density at radius 2 is 2.04 bits per heavy atom. The molecule has 0 fully saturated rings. The Morgan fingerprint density at radius 3 is 2.65 bits per heavy atom. The van der Waals surface area contributed by atoms with E-state index in [0.717, 1.165) is 10.2 Å². The number of methoxy groups -OCH3 is 2. The number of aliphatic imine (C=N–C) groups is 1. The molecule has 0 aliphatic heterocycles. The zero-order valence-corrected chi connectivity index (χ0v) is 13.2. The molecule has 8 heteroatoms. The lowest BCUT2D eigenvalue weighted by molar-refractivity contribution is 0.246. The fourth-order valence-corrected chi connectivity index (χ4v) is 1.92. The molecule has 0 saturated heterocycles. The van der Waals surface area contributed by atoms with Gasteiger partial charge < -0.3 is 14.2 Å².